The van der Waals surface area contributed by atoms with Crippen molar-refractivity contribution in [1.82, 2.24) is 14.6 Å². The molecule has 0 aliphatic rings. The van der Waals surface area contributed by atoms with Crippen molar-refractivity contribution < 1.29 is 9.21 Å². The van der Waals surface area contributed by atoms with Gasteiger partial charge in [0.1, 0.15) is 17.0 Å². The average Bonchev–Trinajstić information content (AvgIpc) is 3.35. The summed E-state index contributed by atoms with van der Waals surface area (Å²) < 4.78 is 7.61. The summed E-state index contributed by atoms with van der Waals surface area (Å²) in [4.78, 5) is 17.0. The van der Waals surface area contributed by atoms with E-state index in [0.29, 0.717) is 29.9 Å². The van der Waals surface area contributed by atoms with Crippen molar-refractivity contribution in [2.75, 3.05) is 0 Å². The molecule has 0 atom stereocenters. The first-order valence-corrected chi connectivity index (χ1v) is 9.19. The highest BCUT2D eigenvalue weighted by molar-refractivity contribution is 5.94. The zero-order chi connectivity index (χ0) is 18.9. The molecule has 0 saturated heterocycles. The van der Waals surface area contributed by atoms with E-state index in [-0.39, 0.29) is 5.78 Å². The Morgan fingerprint density at radius 3 is 2.64 bits per heavy atom. The molecule has 28 heavy (non-hydrogen) atoms. The van der Waals surface area contributed by atoms with E-state index in [2.05, 4.69) is 10.1 Å². The number of benzene rings is 2. The van der Waals surface area contributed by atoms with E-state index in [9.17, 15) is 4.79 Å². The van der Waals surface area contributed by atoms with Gasteiger partial charge >= 0.3 is 0 Å². The molecule has 0 fully saturated rings. The highest BCUT2D eigenvalue weighted by Gasteiger charge is 2.15. The van der Waals surface area contributed by atoms with Gasteiger partial charge < -0.3 is 4.42 Å². The molecule has 3 heterocycles. The Bertz CT molecular complexity index is 1250. The van der Waals surface area contributed by atoms with Gasteiger partial charge in [-0.25, -0.2) is 9.50 Å². The fourth-order valence-corrected chi connectivity index (χ4v) is 3.33. The van der Waals surface area contributed by atoms with Gasteiger partial charge in [0.25, 0.3) is 0 Å². The number of imidazole rings is 1. The minimum absolute atomic E-state index is 0.00927. The second-order valence-electron chi connectivity index (χ2n) is 6.69. The number of para-hydroxylation sites is 1. The summed E-state index contributed by atoms with van der Waals surface area (Å²) in [7, 11) is 0. The van der Waals surface area contributed by atoms with Gasteiger partial charge in [0.05, 0.1) is 6.20 Å². The molecule has 0 aliphatic heterocycles. The van der Waals surface area contributed by atoms with E-state index in [1.807, 2.05) is 66.7 Å². The lowest BCUT2D eigenvalue weighted by atomic mass is 10.1. The quantitative estimate of drug-likeness (QED) is 0.412. The smallest absolute Gasteiger partial charge is 0.183 e. The largest absolute Gasteiger partial charge is 0.454 e. The number of aryl methyl sites for hydroxylation is 1. The molecule has 5 rings (SSSR count). The van der Waals surface area contributed by atoms with Gasteiger partial charge in [-0.05, 0) is 36.2 Å². The first kappa shape index (κ1) is 16.4. The Morgan fingerprint density at radius 1 is 0.964 bits per heavy atom. The summed E-state index contributed by atoms with van der Waals surface area (Å²) in [5.41, 5.74) is 3.78. The summed E-state index contributed by atoms with van der Waals surface area (Å²) in [5.74, 6) is 0.685. The Kier molecular flexibility index (Phi) is 3.98. The van der Waals surface area contributed by atoms with Gasteiger partial charge in [0.15, 0.2) is 17.2 Å². The lowest BCUT2D eigenvalue weighted by Crippen LogP contribution is -2.07. The third-order valence-electron chi connectivity index (χ3n) is 4.81. The maximum absolute atomic E-state index is 12.7. The monoisotopic (exact) mass is 367 g/mol. The number of Topliss-reactive ketones (excluding diaryl/α,β-unsaturated/α-hetero) is 1. The van der Waals surface area contributed by atoms with Crippen LogP contribution in [-0.2, 0) is 6.42 Å². The van der Waals surface area contributed by atoms with E-state index in [0.717, 1.165) is 22.2 Å². The molecule has 2 aromatic carbocycles. The van der Waals surface area contributed by atoms with Crippen LogP contribution in [0, 0.1) is 0 Å². The summed E-state index contributed by atoms with van der Waals surface area (Å²) in [6.07, 6.45) is 2.83. The third-order valence-corrected chi connectivity index (χ3v) is 4.81. The zero-order valence-corrected chi connectivity index (χ0v) is 15.1. The second-order valence-corrected chi connectivity index (χ2v) is 6.69. The van der Waals surface area contributed by atoms with Crippen molar-refractivity contribution in [3.05, 3.63) is 90.3 Å². The van der Waals surface area contributed by atoms with Gasteiger partial charge in [-0.3, -0.25) is 4.79 Å². The molecule has 5 heteroatoms. The SMILES string of the molecule is O=C(CCc1ccccc1)c1ccc2ncc(-c3cc4ccccc4o3)n2n1. The maximum atomic E-state index is 12.7. The molecule has 0 bridgehead atoms. The Labute approximate surface area is 161 Å². The van der Waals surface area contributed by atoms with Crippen LogP contribution in [0.2, 0.25) is 0 Å². The van der Waals surface area contributed by atoms with Crippen molar-refractivity contribution in [3.8, 4) is 11.5 Å². The van der Waals surface area contributed by atoms with Crippen molar-refractivity contribution >= 4 is 22.4 Å². The molecule has 0 radical (unpaired) electrons. The van der Waals surface area contributed by atoms with Crippen LogP contribution in [0.5, 0.6) is 0 Å². The van der Waals surface area contributed by atoms with Crippen LogP contribution in [0.1, 0.15) is 22.5 Å². The normalized spacial score (nSPS) is 11.3. The molecule has 0 amide bonds. The lowest BCUT2D eigenvalue weighted by Gasteiger charge is -2.03. The topological polar surface area (TPSA) is 60.4 Å². The highest BCUT2D eigenvalue weighted by Crippen LogP contribution is 2.28. The van der Waals surface area contributed by atoms with E-state index < -0.39 is 0 Å². The van der Waals surface area contributed by atoms with E-state index in [4.69, 9.17) is 4.42 Å². The fraction of sp³-hybridized carbons (Fsp3) is 0.0870. The number of furan rings is 1. The summed E-state index contributed by atoms with van der Waals surface area (Å²) in [6.45, 7) is 0. The number of hydrogen-bond acceptors (Lipinski definition) is 4. The van der Waals surface area contributed by atoms with Crippen LogP contribution < -0.4 is 0 Å². The van der Waals surface area contributed by atoms with Crippen molar-refractivity contribution in [3.63, 3.8) is 0 Å². The van der Waals surface area contributed by atoms with Crippen LogP contribution in [0.15, 0.2) is 83.4 Å². The number of carbonyl (C=O) groups excluding carboxylic acids is 1. The zero-order valence-electron chi connectivity index (χ0n) is 15.1. The minimum atomic E-state index is 0.00927. The van der Waals surface area contributed by atoms with E-state index in [1.165, 1.54) is 0 Å². The van der Waals surface area contributed by atoms with Crippen molar-refractivity contribution in [2.45, 2.75) is 12.8 Å². The minimum Gasteiger partial charge on any atom is -0.454 e. The number of rotatable bonds is 5. The average molecular weight is 367 g/mol. The number of carbonyl (C=O) groups is 1. The molecule has 5 nitrogen and oxygen atoms in total. The molecule has 0 saturated carbocycles. The maximum Gasteiger partial charge on any atom is 0.183 e. The summed E-state index contributed by atoms with van der Waals surface area (Å²) in [6, 6.07) is 23.3. The van der Waals surface area contributed by atoms with Crippen LogP contribution >= 0.6 is 0 Å². The lowest BCUT2D eigenvalue weighted by molar-refractivity contribution is 0.0977. The predicted octanol–water partition coefficient (Wildman–Crippen LogP) is 4.96. The predicted molar refractivity (Wildman–Crippen MR) is 107 cm³/mol. The van der Waals surface area contributed by atoms with Crippen molar-refractivity contribution in [1.29, 1.82) is 0 Å². The number of fused-ring (bicyclic) bond motifs is 2. The summed E-state index contributed by atoms with van der Waals surface area (Å²) >= 11 is 0. The third kappa shape index (κ3) is 2.97. The molecule has 0 N–H and O–H groups in total. The van der Waals surface area contributed by atoms with Crippen LogP contribution in [0.25, 0.3) is 28.1 Å². The first-order chi connectivity index (χ1) is 13.8. The second kappa shape index (κ2) is 6.78. The number of nitrogens with zero attached hydrogens (tertiary/aromatic N) is 3. The molecule has 0 unspecified atom stereocenters. The molecule has 136 valence electrons. The fourth-order valence-electron chi connectivity index (χ4n) is 3.33. The Hall–Kier alpha value is -3.73. The highest BCUT2D eigenvalue weighted by atomic mass is 16.3. The Balaban J connectivity index is 1.47. The first-order valence-electron chi connectivity index (χ1n) is 9.19. The van der Waals surface area contributed by atoms with Crippen molar-refractivity contribution in [2.24, 2.45) is 0 Å². The van der Waals surface area contributed by atoms with E-state index in [1.54, 1.807) is 16.8 Å². The number of hydrogen-bond donors (Lipinski definition) is 0. The van der Waals surface area contributed by atoms with Gasteiger partial charge in [-0.2, -0.15) is 5.10 Å². The number of ketones is 1. The molecular formula is C23H17N3O2. The molecular weight excluding hydrogens is 350 g/mol. The standard InChI is InChI=1S/C23H17N3O2/c27-20(12-10-16-6-2-1-3-7-16)18-11-13-23-24-15-19(26(23)25-18)22-14-17-8-4-5-9-21(17)28-22/h1-9,11,13-15H,10,12H2. The molecule has 0 aliphatic carbocycles. The molecule has 0 spiro atoms. The number of aromatic nitrogens is 3. The Morgan fingerprint density at radius 2 is 1.79 bits per heavy atom. The van der Waals surface area contributed by atoms with Gasteiger partial charge in [0, 0.05) is 11.8 Å². The van der Waals surface area contributed by atoms with Crippen LogP contribution in [-0.4, -0.2) is 20.4 Å². The van der Waals surface area contributed by atoms with Crippen LogP contribution in [0.3, 0.4) is 0 Å². The molecule has 5 aromatic rings. The van der Waals surface area contributed by atoms with E-state index >= 15 is 0 Å². The van der Waals surface area contributed by atoms with Gasteiger partial charge in [-0.1, -0.05) is 48.5 Å². The van der Waals surface area contributed by atoms with Gasteiger partial charge in [0.2, 0.25) is 0 Å². The van der Waals surface area contributed by atoms with Gasteiger partial charge in [-0.15, -0.1) is 0 Å². The summed E-state index contributed by atoms with van der Waals surface area (Å²) in [5, 5.41) is 5.55. The molecule has 3 aromatic heterocycles. The van der Waals surface area contributed by atoms with Crippen LogP contribution in [0.4, 0.5) is 0 Å².